The van der Waals surface area contributed by atoms with Gasteiger partial charge in [0.2, 0.25) is 5.88 Å². The lowest BCUT2D eigenvalue weighted by atomic mass is 10.1. The molecule has 0 saturated heterocycles. The first-order chi connectivity index (χ1) is 14.1. The van der Waals surface area contributed by atoms with Crippen LogP contribution in [-0.4, -0.2) is 28.5 Å². The lowest BCUT2D eigenvalue weighted by Crippen LogP contribution is -2.22. The van der Waals surface area contributed by atoms with E-state index in [0.29, 0.717) is 28.6 Å². The first kappa shape index (κ1) is 18.4. The van der Waals surface area contributed by atoms with Crippen LogP contribution in [0.15, 0.2) is 83.7 Å². The maximum atomic E-state index is 13.4. The summed E-state index contributed by atoms with van der Waals surface area (Å²) >= 11 is 0. The van der Waals surface area contributed by atoms with Gasteiger partial charge in [-0.2, -0.15) is 0 Å². The number of benzene rings is 3. The van der Waals surface area contributed by atoms with Crippen LogP contribution in [0.1, 0.15) is 0 Å². The molecule has 0 fully saturated rings. The zero-order valence-corrected chi connectivity index (χ0v) is 16.1. The molecule has 0 saturated carbocycles. The predicted molar refractivity (Wildman–Crippen MR) is 112 cm³/mol. The van der Waals surface area contributed by atoms with E-state index in [1.807, 2.05) is 30.3 Å². The normalized spacial score (nSPS) is 10.7. The van der Waals surface area contributed by atoms with Crippen molar-refractivity contribution in [2.75, 3.05) is 14.2 Å². The number of ether oxygens (including phenoxy) is 2. The van der Waals surface area contributed by atoms with Crippen LogP contribution in [0.2, 0.25) is 0 Å². The summed E-state index contributed by atoms with van der Waals surface area (Å²) in [5.41, 5.74) is 1.92. The monoisotopic (exact) mass is 388 g/mol. The Morgan fingerprint density at radius 3 is 1.66 bits per heavy atom. The summed E-state index contributed by atoms with van der Waals surface area (Å²) in [6.07, 6.45) is 0. The maximum Gasteiger partial charge on any atom is 0.340 e. The largest absolute Gasteiger partial charge is 0.497 e. The molecular formula is C23H20N2O4. The first-order valence-corrected chi connectivity index (χ1v) is 9.05. The molecule has 0 radical (unpaired) electrons. The van der Waals surface area contributed by atoms with E-state index in [1.54, 1.807) is 62.8 Å². The highest BCUT2D eigenvalue weighted by Gasteiger charge is 2.23. The molecule has 1 N–H and O–H groups in total. The quantitative estimate of drug-likeness (QED) is 0.561. The Bertz CT molecular complexity index is 1170. The van der Waals surface area contributed by atoms with Crippen LogP contribution in [0.4, 0.5) is 0 Å². The summed E-state index contributed by atoms with van der Waals surface area (Å²) in [5.74, 6) is 1.21. The molecule has 3 aromatic carbocycles. The molecule has 6 nitrogen and oxygen atoms in total. The summed E-state index contributed by atoms with van der Waals surface area (Å²) in [7, 11) is 3.16. The fourth-order valence-electron chi connectivity index (χ4n) is 3.28. The van der Waals surface area contributed by atoms with Gasteiger partial charge in [0.1, 0.15) is 17.2 Å². The van der Waals surface area contributed by atoms with Crippen LogP contribution in [0.5, 0.6) is 17.4 Å². The topological polar surface area (TPSA) is 65.6 Å². The molecule has 4 rings (SSSR count). The van der Waals surface area contributed by atoms with Gasteiger partial charge >= 0.3 is 5.69 Å². The summed E-state index contributed by atoms with van der Waals surface area (Å²) in [4.78, 5) is 13.4. The minimum absolute atomic E-state index is 0.137. The number of nitrogens with zero attached hydrogens (tertiary/aromatic N) is 2. The van der Waals surface area contributed by atoms with Gasteiger partial charge in [0.05, 0.1) is 25.6 Å². The summed E-state index contributed by atoms with van der Waals surface area (Å²) in [6.45, 7) is 0. The maximum absolute atomic E-state index is 13.4. The molecule has 4 aromatic rings. The highest BCUT2D eigenvalue weighted by atomic mass is 16.5. The third-order valence-corrected chi connectivity index (χ3v) is 4.74. The molecule has 0 aliphatic rings. The second kappa shape index (κ2) is 7.59. The van der Waals surface area contributed by atoms with Gasteiger partial charge in [-0.05, 0) is 48.5 Å². The smallest absolute Gasteiger partial charge is 0.340 e. The molecule has 146 valence electrons. The van der Waals surface area contributed by atoms with E-state index in [0.717, 1.165) is 5.56 Å². The number of aromatic nitrogens is 2. The number of hydrogen-bond acceptors (Lipinski definition) is 4. The van der Waals surface area contributed by atoms with Gasteiger partial charge in [0.15, 0.2) is 0 Å². The van der Waals surface area contributed by atoms with Crippen LogP contribution in [0.3, 0.4) is 0 Å². The van der Waals surface area contributed by atoms with Crippen LogP contribution >= 0.6 is 0 Å². The summed E-state index contributed by atoms with van der Waals surface area (Å²) in [5, 5.41) is 11.1. The third-order valence-electron chi connectivity index (χ3n) is 4.74. The molecule has 6 heteroatoms. The van der Waals surface area contributed by atoms with Crippen LogP contribution < -0.4 is 15.2 Å². The Balaban J connectivity index is 1.98. The molecule has 0 amide bonds. The molecule has 0 bridgehead atoms. The third kappa shape index (κ3) is 3.25. The number of imidazole rings is 1. The highest BCUT2D eigenvalue weighted by molar-refractivity contribution is 5.69. The Morgan fingerprint density at radius 1 is 0.690 bits per heavy atom. The van der Waals surface area contributed by atoms with E-state index >= 15 is 0 Å². The lowest BCUT2D eigenvalue weighted by molar-refractivity contribution is 0.414. The van der Waals surface area contributed by atoms with Crippen molar-refractivity contribution < 1.29 is 14.6 Å². The molecule has 0 aliphatic carbocycles. The molecule has 1 heterocycles. The zero-order chi connectivity index (χ0) is 20.4. The van der Waals surface area contributed by atoms with Gasteiger partial charge in [0, 0.05) is 5.56 Å². The predicted octanol–water partition coefficient (Wildman–Crippen LogP) is 4.02. The van der Waals surface area contributed by atoms with E-state index in [1.165, 1.54) is 9.13 Å². The van der Waals surface area contributed by atoms with Crippen LogP contribution in [0.25, 0.3) is 22.6 Å². The average molecular weight is 388 g/mol. The van der Waals surface area contributed by atoms with Crippen molar-refractivity contribution in [3.63, 3.8) is 0 Å². The van der Waals surface area contributed by atoms with Crippen molar-refractivity contribution in [1.82, 2.24) is 9.13 Å². The zero-order valence-electron chi connectivity index (χ0n) is 16.1. The van der Waals surface area contributed by atoms with Crippen molar-refractivity contribution in [2.24, 2.45) is 0 Å². The van der Waals surface area contributed by atoms with E-state index in [9.17, 15) is 9.90 Å². The van der Waals surface area contributed by atoms with E-state index in [2.05, 4.69) is 0 Å². The van der Waals surface area contributed by atoms with Gasteiger partial charge < -0.3 is 14.6 Å². The van der Waals surface area contributed by atoms with Gasteiger partial charge in [-0.25, -0.2) is 9.36 Å². The van der Waals surface area contributed by atoms with Crippen LogP contribution in [-0.2, 0) is 0 Å². The minimum Gasteiger partial charge on any atom is -0.497 e. The number of rotatable bonds is 5. The highest BCUT2D eigenvalue weighted by Crippen LogP contribution is 2.33. The Hall–Kier alpha value is -3.93. The molecular weight excluding hydrogens is 368 g/mol. The average Bonchev–Trinajstić information content (AvgIpc) is 3.04. The summed E-state index contributed by atoms with van der Waals surface area (Å²) < 4.78 is 13.2. The lowest BCUT2D eigenvalue weighted by Gasteiger charge is -2.08. The standard InChI is InChI=1S/C23H20N2O4/c1-28-19-12-8-17(9-13-19)24-21(16-6-4-3-5-7-16)22(26)25(23(24)27)18-10-14-20(29-2)15-11-18/h3-15,26H,1-2H3. The van der Waals surface area contributed by atoms with Crippen molar-refractivity contribution in [3.8, 4) is 40.0 Å². The van der Waals surface area contributed by atoms with Crippen molar-refractivity contribution in [3.05, 3.63) is 89.3 Å². The molecule has 0 spiro atoms. The van der Waals surface area contributed by atoms with E-state index in [-0.39, 0.29) is 11.6 Å². The molecule has 29 heavy (non-hydrogen) atoms. The fraction of sp³-hybridized carbons (Fsp3) is 0.0870. The fourth-order valence-corrected chi connectivity index (χ4v) is 3.28. The van der Waals surface area contributed by atoms with Crippen molar-refractivity contribution >= 4 is 0 Å². The van der Waals surface area contributed by atoms with Crippen molar-refractivity contribution in [2.45, 2.75) is 0 Å². The molecule has 1 aromatic heterocycles. The Labute approximate surface area is 167 Å². The Morgan fingerprint density at radius 2 is 1.17 bits per heavy atom. The number of aromatic hydroxyl groups is 1. The van der Waals surface area contributed by atoms with Gasteiger partial charge in [-0.15, -0.1) is 0 Å². The minimum atomic E-state index is -0.378. The van der Waals surface area contributed by atoms with Gasteiger partial charge in [0.25, 0.3) is 0 Å². The molecule has 0 aliphatic heterocycles. The summed E-state index contributed by atoms with van der Waals surface area (Å²) in [6, 6.07) is 23.4. The number of methoxy groups -OCH3 is 2. The van der Waals surface area contributed by atoms with E-state index < -0.39 is 0 Å². The van der Waals surface area contributed by atoms with Gasteiger partial charge in [-0.1, -0.05) is 30.3 Å². The van der Waals surface area contributed by atoms with Crippen molar-refractivity contribution in [1.29, 1.82) is 0 Å². The van der Waals surface area contributed by atoms with Gasteiger partial charge in [-0.3, -0.25) is 4.57 Å². The Kier molecular flexibility index (Phi) is 4.83. The number of hydrogen-bond donors (Lipinski definition) is 1. The van der Waals surface area contributed by atoms with Crippen LogP contribution in [0, 0.1) is 0 Å². The SMILES string of the molecule is COc1ccc(-n2c(O)c(-c3ccccc3)n(-c3ccc(OC)cc3)c2=O)cc1. The molecule has 0 unspecified atom stereocenters. The van der Waals surface area contributed by atoms with E-state index in [4.69, 9.17) is 9.47 Å². The second-order valence-electron chi connectivity index (χ2n) is 6.39. The first-order valence-electron chi connectivity index (χ1n) is 9.05. The molecule has 0 atom stereocenters. The second-order valence-corrected chi connectivity index (χ2v) is 6.39.